The van der Waals surface area contributed by atoms with E-state index < -0.39 is 0 Å². The molecule has 0 atom stereocenters. The number of anilines is 2. The summed E-state index contributed by atoms with van der Waals surface area (Å²) in [4.78, 5) is 4.67. The van der Waals surface area contributed by atoms with E-state index in [4.69, 9.17) is 4.74 Å². The number of methoxy groups -OCH3 is 1. The Bertz CT molecular complexity index is 1050. The third-order valence-corrected chi connectivity index (χ3v) is 3.88. The van der Waals surface area contributed by atoms with Crippen molar-refractivity contribution in [1.29, 1.82) is 0 Å². The third kappa shape index (κ3) is 2.80. The molecule has 0 aliphatic rings. The standard InChI is InChI=1S/C18H16FN5O/c1-23-8-7-15(22-23)17-18(20-13-5-3-4-12(19)10-13)24-9-6-14(25-2)11-16(24)21-17/h3-11,20H,1-2H3. The summed E-state index contributed by atoms with van der Waals surface area (Å²) in [7, 11) is 3.46. The van der Waals surface area contributed by atoms with Gasteiger partial charge >= 0.3 is 0 Å². The lowest BCUT2D eigenvalue weighted by Crippen LogP contribution is -1.98. The summed E-state index contributed by atoms with van der Waals surface area (Å²) in [5.41, 5.74) is 2.75. The summed E-state index contributed by atoms with van der Waals surface area (Å²) in [6.07, 6.45) is 3.71. The maximum atomic E-state index is 13.5. The fraction of sp³-hybridized carbons (Fsp3) is 0.111. The Balaban J connectivity index is 1.89. The summed E-state index contributed by atoms with van der Waals surface area (Å²) in [5.74, 6) is 1.12. The highest BCUT2D eigenvalue weighted by atomic mass is 19.1. The highest BCUT2D eigenvalue weighted by Gasteiger charge is 2.17. The van der Waals surface area contributed by atoms with Gasteiger partial charge in [0, 0.05) is 31.2 Å². The molecule has 0 spiro atoms. The third-order valence-electron chi connectivity index (χ3n) is 3.88. The Morgan fingerprint density at radius 2 is 2.00 bits per heavy atom. The molecular formula is C18H16FN5O. The predicted molar refractivity (Wildman–Crippen MR) is 93.6 cm³/mol. The first-order chi connectivity index (χ1) is 12.1. The second-order valence-electron chi connectivity index (χ2n) is 5.61. The molecule has 7 heteroatoms. The van der Waals surface area contributed by atoms with Gasteiger partial charge in [0.15, 0.2) is 0 Å². The summed E-state index contributed by atoms with van der Waals surface area (Å²) in [6, 6.07) is 11.9. The highest BCUT2D eigenvalue weighted by Crippen LogP contribution is 2.31. The van der Waals surface area contributed by atoms with E-state index in [0.29, 0.717) is 28.6 Å². The van der Waals surface area contributed by atoms with Gasteiger partial charge in [-0.15, -0.1) is 0 Å². The molecule has 3 aromatic heterocycles. The first kappa shape index (κ1) is 15.2. The lowest BCUT2D eigenvalue weighted by atomic mass is 10.3. The van der Waals surface area contributed by atoms with Gasteiger partial charge in [0.1, 0.15) is 34.4 Å². The molecule has 4 rings (SSSR count). The number of benzene rings is 1. The molecule has 25 heavy (non-hydrogen) atoms. The van der Waals surface area contributed by atoms with Gasteiger partial charge in [0.25, 0.3) is 0 Å². The van der Waals surface area contributed by atoms with Crippen molar-refractivity contribution >= 4 is 17.2 Å². The summed E-state index contributed by atoms with van der Waals surface area (Å²) in [5, 5.41) is 7.69. The minimum atomic E-state index is -0.306. The van der Waals surface area contributed by atoms with Crippen LogP contribution < -0.4 is 10.1 Å². The largest absolute Gasteiger partial charge is 0.497 e. The van der Waals surface area contributed by atoms with E-state index >= 15 is 0 Å². The molecule has 0 bridgehead atoms. The van der Waals surface area contributed by atoms with Crippen molar-refractivity contribution in [3.05, 3.63) is 60.7 Å². The van der Waals surface area contributed by atoms with E-state index in [9.17, 15) is 4.39 Å². The summed E-state index contributed by atoms with van der Waals surface area (Å²) >= 11 is 0. The monoisotopic (exact) mass is 337 g/mol. The Hall–Kier alpha value is -3.35. The minimum Gasteiger partial charge on any atom is -0.497 e. The molecule has 1 aromatic carbocycles. The number of nitrogens with one attached hydrogen (secondary N) is 1. The van der Waals surface area contributed by atoms with E-state index in [1.807, 2.05) is 42.0 Å². The van der Waals surface area contributed by atoms with E-state index in [1.54, 1.807) is 23.9 Å². The van der Waals surface area contributed by atoms with Gasteiger partial charge in [-0.25, -0.2) is 9.37 Å². The maximum absolute atomic E-state index is 13.5. The first-order valence-electron chi connectivity index (χ1n) is 7.73. The van der Waals surface area contributed by atoms with Crippen molar-refractivity contribution in [2.45, 2.75) is 0 Å². The van der Waals surface area contributed by atoms with Gasteiger partial charge in [-0.3, -0.25) is 9.08 Å². The maximum Gasteiger partial charge on any atom is 0.145 e. The van der Waals surface area contributed by atoms with Crippen LogP contribution in [0, 0.1) is 5.82 Å². The number of hydrogen-bond acceptors (Lipinski definition) is 4. The summed E-state index contributed by atoms with van der Waals surface area (Å²) < 4.78 is 22.4. The minimum absolute atomic E-state index is 0.306. The fourth-order valence-electron chi connectivity index (χ4n) is 2.70. The molecule has 0 unspecified atom stereocenters. The quantitative estimate of drug-likeness (QED) is 0.618. The molecule has 0 radical (unpaired) electrons. The fourth-order valence-corrected chi connectivity index (χ4v) is 2.70. The van der Waals surface area contributed by atoms with Crippen LogP contribution in [0.15, 0.2) is 54.9 Å². The van der Waals surface area contributed by atoms with Crippen molar-refractivity contribution in [2.24, 2.45) is 7.05 Å². The number of pyridine rings is 1. The van der Waals surface area contributed by atoms with E-state index in [1.165, 1.54) is 12.1 Å². The first-order valence-corrected chi connectivity index (χ1v) is 7.73. The normalized spacial score (nSPS) is 11.0. The summed E-state index contributed by atoms with van der Waals surface area (Å²) in [6.45, 7) is 0. The number of rotatable bonds is 4. The van der Waals surface area contributed by atoms with Gasteiger partial charge in [-0.2, -0.15) is 5.10 Å². The van der Waals surface area contributed by atoms with Crippen molar-refractivity contribution in [2.75, 3.05) is 12.4 Å². The molecule has 0 amide bonds. The van der Waals surface area contributed by atoms with Crippen LogP contribution >= 0.6 is 0 Å². The molecule has 3 heterocycles. The molecule has 0 aliphatic carbocycles. The van der Waals surface area contributed by atoms with E-state index in [0.717, 1.165) is 5.69 Å². The second kappa shape index (κ2) is 5.94. The van der Waals surface area contributed by atoms with Gasteiger partial charge < -0.3 is 10.1 Å². The molecule has 0 fully saturated rings. The Morgan fingerprint density at radius 3 is 2.72 bits per heavy atom. The molecule has 0 saturated carbocycles. The van der Waals surface area contributed by atoms with Crippen LogP contribution in [-0.2, 0) is 7.05 Å². The molecule has 126 valence electrons. The number of nitrogens with zero attached hydrogens (tertiary/aromatic N) is 4. The molecule has 0 saturated heterocycles. The average molecular weight is 337 g/mol. The number of imidazole rings is 1. The molecule has 0 aliphatic heterocycles. The zero-order valence-electron chi connectivity index (χ0n) is 13.8. The van der Waals surface area contributed by atoms with Crippen molar-refractivity contribution in [3.8, 4) is 17.1 Å². The average Bonchev–Trinajstić information content (AvgIpc) is 3.18. The number of aromatic nitrogens is 4. The van der Waals surface area contributed by atoms with Crippen molar-refractivity contribution < 1.29 is 9.13 Å². The van der Waals surface area contributed by atoms with Gasteiger partial charge in [0.2, 0.25) is 0 Å². The van der Waals surface area contributed by atoms with Gasteiger partial charge in [-0.1, -0.05) is 6.07 Å². The zero-order chi connectivity index (χ0) is 17.4. The Kier molecular flexibility index (Phi) is 3.61. The Labute approximate surface area is 143 Å². The Morgan fingerprint density at radius 1 is 1.12 bits per heavy atom. The van der Waals surface area contributed by atoms with Crippen LogP contribution in [0.5, 0.6) is 5.75 Å². The van der Waals surface area contributed by atoms with Crippen LogP contribution in [0.25, 0.3) is 17.0 Å². The van der Waals surface area contributed by atoms with E-state index in [2.05, 4.69) is 15.4 Å². The molecule has 6 nitrogen and oxygen atoms in total. The smallest absolute Gasteiger partial charge is 0.145 e. The molecular weight excluding hydrogens is 321 g/mol. The van der Waals surface area contributed by atoms with Gasteiger partial charge in [-0.05, 0) is 30.3 Å². The molecule has 1 N–H and O–H groups in total. The zero-order valence-corrected chi connectivity index (χ0v) is 13.8. The second-order valence-corrected chi connectivity index (χ2v) is 5.61. The van der Waals surface area contributed by atoms with Crippen LogP contribution in [0.1, 0.15) is 0 Å². The number of ether oxygens (including phenoxy) is 1. The number of aryl methyl sites for hydroxylation is 1. The van der Waals surface area contributed by atoms with Crippen molar-refractivity contribution in [1.82, 2.24) is 19.2 Å². The molecule has 4 aromatic rings. The number of hydrogen-bond donors (Lipinski definition) is 1. The lowest BCUT2D eigenvalue weighted by Gasteiger charge is -2.08. The number of halogens is 1. The lowest BCUT2D eigenvalue weighted by molar-refractivity contribution is 0.414. The topological polar surface area (TPSA) is 56.4 Å². The van der Waals surface area contributed by atoms with Crippen molar-refractivity contribution in [3.63, 3.8) is 0 Å². The number of fused-ring (bicyclic) bond motifs is 1. The van der Waals surface area contributed by atoms with Crippen LogP contribution in [-0.4, -0.2) is 26.3 Å². The van der Waals surface area contributed by atoms with Crippen LogP contribution in [0.2, 0.25) is 0 Å². The highest BCUT2D eigenvalue weighted by molar-refractivity contribution is 5.78. The van der Waals surface area contributed by atoms with Crippen LogP contribution in [0.4, 0.5) is 15.9 Å². The SMILES string of the molecule is COc1ccn2c(Nc3cccc(F)c3)c(-c3ccn(C)n3)nc2c1. The predicted octanol–water partition coefficient (Wildman–Crippen LogP) is 3.63. The van der Waals surface area contributed by atoms with E-state index in [-0.39, 0.29) is 5.82 Å². The van der Waals surface area contributed by atoms with Gasteiger partial charge in [0.05, 0.1) is 7.11 Å². The van der Waals surface area contributed by atoms with Crippen LogP contribution in [0.3, 0.4) is 0 Å².